The van der Waals surface area contributed by atoms with Crippen molar-refractivity contribution in [2.45, 2.75) is 20.3 Å². The van der Waals surface area contributed by atoms with Gasteiger partial charge in [0.15, 0.2) is 5.82 Å². The van der Waals surface area contributed by atoms with Crippen molar-refractivity contribution >= 4 is 23.4 Å². The van der Waals surface area contributed by atoms with Crippen molar-refractivity contribution < 1.29 is 9.53 Å². The minimum absolute atomic E-state index is 0.346. The number of aryl methyl sites for hydroxylation is 1. The van der Waals surface area contributed by atoms with Crippen LogP contribution in [-0.2, 0) is 11.2 Å². The molecule has 3 aromatic rings. The largest absolute Gasteiger partial charge is 0.378 e. The number of pyridine rings is 1. The first-order valence-electron chi connectivity index (χ1n) is 10.4. The van der Waals surface area contributed by atoms with Gasteiger partial charge >= 0.3 is 6.03 Å². The predicted octanol–water partition coefficient (Wildman–Crippen LogP) is 3.89. The third-order valence-corrected chi connectivity index (χ3v) is 5.17. The van der Waals surface area contributed by atoms with Crippen molar-refractivity contribution in [1.82, 2.24) is 15.0 Å². The van der Waals surface area contributed by atoms with Crippen LogP contribution in [0.2, 0.25) is 0 Å². The number of amides is 2. The van der Waals surface area contributed by atoms with Gasteiger partial charge in [0.25, 0.3) is 0 Å². The number of nitrogens with one attached hydrogen (secondary N) is 2. The van der Waals surface area contributed by atoms with Crippen LogP contribution in [0.25, 0.3) is 11.4 Å². The maximum Gasteiger partial charge on any atom is 0.324 e. The molecule has 1 aliphatic heterocycles. The summed E-state index contributed by atoms with van der Waals surface area (Å²) < 4.78 is 5.49. The number of carbonyl (C=O) groups is 1. The fourth-order valence-electron chi connectivity index (χ4n) is 3.52. The molecule has 0 atom stereocenters. The topological polar surface area (TPSA) is 92.3 Å². The van der Waals surface area contributed by atoms with Crippen molar-refractivity contribution in [2.24, 2.45) is 0 Å². The quantitative estimate of drug-likeness (QED) is 0.653. The third kappa shape index (κ3) is 4.97. The second-order valence-electron chi connectivity index (χ2n) is 7.27. The van der Waals surface area contributed by atoms with E-state index < -0.39 is 0 Å². The van der Waals surface area contributed by atoms with Crippen LogP contribution in [0.3, 0.4) is 0 Å². The number of hydrogen-bond donors (Lipinski definition) is 2. The van der Waals surface area contributed by atoms with Crippen LogP contribution in [0.4, 0.5) is 22.1 Å². The molecule has 31 heavy (non-hydrogen) atoms. The molecule has 3 heterocycles. The number of anilines is 3. The van der Waals surface area contributed by atoms with E-state index in [1.165, 1.54) is 0 Å². The number of benzene rings is 1. The van der Waals surface area contributed by atoms with E-state index in [1.807, 2.05) is 30.3 Å². The van der Waals surface area contributed by atoms with E-state index in [1.54, 1.807) is 18.3 Å². The van der Waals surface area contributed by atoms with Gasteiger partial charge in [-0.15, -0.1) is 0 Å². The van der Waals surface area contributed by atoms with Gasteiger partial charge in [0, 0.05) is 41.8 Å². The molecule has 1 aliphatic rings. The van der Waals surface area contributed by atoms with Crippen LogP contribution < -0.4 is 15.5 Å². The van der Waals surface area contributed by atoms with E-state index in [2.05, 4.69) is 34.4 Å². The number of aromatic nitrogens is 3. The molecule has 0 saturated carbocycles. The molecule has 0 spiro atoms. The average molecular weight is 419 g/mol. The van der Waals surface area contributed by atoms with Gasteiger partial charge < -0.3 is 15.0 Å². The summed E-state index contributed by atoms with van der Waals surface area (Å²) in [6, 6.07) is 12.5. The van der Waals surface area contributed by atoms with Crippen LogP contribution >= 0.6 is 0 Å². The fourth-order valence-corrected chi connectivity index (χ4v) is 3.52. The highest BCUT2D eigenvalue weighted by Gasteiger charge is 2.19. The Morgan fingerprint density at radius 3 is 2.52 bits per heavy atom. The highest BCUT2D eigenvalue weighted by molar-refractivity contribution is 5.99. The zero-order valence-electron chi connectivity index (χ0n) is 17.8. The number of rotatable bonds is 5. The first kappa shape index (κ1) is 20.7. The lowest BCUT2D eigenvalue weighted by molar-refractivity contribution is 0.122. The lowest BCUT2D eigenvalue weighted by Gasteiger charge is -2.29. The van der Waals surface area contributed by atoms with E-state index in [0.717, 1.165) is 42.1 Å². The van der Waals surface area contributed by atoms with Gasteiger partial charge in [-0.2, -0.15) is 0 Å². The predicted molar refractivity (Wildman–Crippen MR) is 121 cm³/mol. The molecule has 2 N–H and O–H groups in total. The van der Waals surface area contributed by atoms with Crippen LogP contribution in [-0.4, -0.2) is 47.3 Å². The number of urea groups is 1. The Bertz CT molecular complexity index is 1030. The summed E-state index contributed by atoms with van der Waals surface area (Å²) in [6.07, 6.45) is 2.47. The summed E-state index contributed by atoms with van der Waals surface area (Å²) in [5, 5.41) is 5.51. The molecule has 1 fully saturated rings. The Balaban J connectivity index is 1.52. The van der Waals surface area contributed by atoms with Crippen LogP contribution in [0.1, 0.15) is 18.2 Å². The molecule has 0 aliphatic carbocycles. The van der Waals surface area contributed by atoms with Crippen molar-refractivity contribution in [2.75, 3.05) is 41.8 Å². The van der Waals surface area contributed by atoms with E-state index in [-0.39, 0.29) is 6.03 Å². The first-order chi connectivity index (χ1) is 15.1. The van der Waals surface area contributed by atoms with Gasteiger partial charge in [-0.05, 0) is 49.7 Å². The SMILES string of the molecule is CCc1nc(-c2ccc(NC(=O)Nc3ccccn3)cc2)nc(N2CCOCC2)c1C. The monoisotopic (exact) mass is 418 g/mol. The van der Waals surface area contributed by atoms with E-state index in [4.69, 9.17) is 14.7 Å². The Kier molecular flexibility index (Phi) is 6.37. The first-order valence-corrected chi connectivity index (χ1v) is 10.4. The molecule has 8 heteroatoms. The maximum absolute atomic E-state index is 12.2. The summed E-state index contributed by atoms with van der Waals surface area (Å²) in [4.78, 5) is 28.2. The molecule has 160 valence electrons. The number of nitrogens with zero attached hydrogens (tertiary/aromatic N) is 4. The summed E-state index contributed by atoms with van der Waals surface area (Å²) in [5.41, 5.74) is 3.74. The zero-order valence-corrected chi connectivity index (χ0v) is 17.8. The van der Waals surface area contributed by atoms with Crippen molar-refractivity contribution in [1.29, 1.82) is 0 Å². The second-order valence-corrected chi connectivity index (χ2v) is 7.27. The van der Waals surface area contributed by atoms with E-state index >= 15 is 0 Å². The van der Waals surface area contributed by atoms with Crippen molar-refractivity contribution in [3.05, 3.63) is 59.9 Å². The van der Waals surface area contributed by atoms with Gasteiger partial charge in [-0.1, -0.05) is 13.0 Å². The molecular weight excluding hydrogens is 392 g/mol. The van der Waals surface area contributed by atoms with E-state index in [0.29, 0.717) is 30.5 Å². The molecule has 4 rings (SSSR count). The molecule has 0 bridgehead atoms. The minimum atomic E-state index is -0.346. The number of morpholine rings is 1. The molecular formula is C23H26N6O2. The second kappa shape index (κ2) is 9.53. The number of hydrogen-bond acceptors (Lipinski definition) is 6. The molecule has 2 amide bonds. The average Bonchev–Trinajstić information content (AvgIpc) is 2.81. The molecule has 0 unspecified atom stereocenters. The fraction of sp³-hybridized carbons (Fsp3) is 0.304. The zero-order chi connectivity index (χ0) is 21.6. The Morgan fingerprint density at radius 1 is 1.06 bits per heavy atom. The standard InChI is InChI=1S/C23H26N6O2/c1-3-19-16(2)22(29-12-14-31-15-13-29)28-21(26-19)17-7-9-18(10-8-17)25-23(30)27-20-6-4-5-11-24-20/h4-11H,3,12-15H2,1-2H3,(H2,24,25,27,30). The minimum Gasteiger partial charge on any atom is -0.378 e. The molecule has 1 saturated heterocycles. The number of ether oxygens (including phenoxy) is 1. The van der Waals surface area contributed by atoms with Crippen molar-refractivity contribution in [3.8, 4) is 11.4 Å². The normalized spacial score (nSPS) is 13.7. The summed E-state index contributed by atoms with van der Waals surface area (Å²) in [7, 11) is 0. The van der Waals surface area contributed by atoms with Gasteiger partial charge in [0.2, 0.25) is 0 Å². The van der Waals surface area contributed by atoms with E-state index in [9.17, 15) is 4.79 Å². The van der Waals surface area contributed by atoms with Crippen molar-refractivity contribution in [3.63, 3.8) is 0 Å². The molecule has 0 radical (unpaired) electrons. The third-order valence-electron chi connectivity index (χ3n) is 5.17. The Hall–Kier alpha value is -3.52. The van der Waals surface area contributed by atoms with Crippen LogP contribution in [0, 0.1) is 6.92 Å². The number of carbonyl (C=O) groups excluding carboxylic acids is 1. The van der Waals surface area contributed by atoms with Crippen LogP contribution in [0.5, 0.6) is 0 Å². The summed E-state index contributed by atoms with van der Waals surface area (Å²) >= 11 is 0. The molecule has 8 nitrogen and oxygen atoms in total. The summed E-state index contributed by atoms with van der Waals surface area (Å²) in [5.74, 6) is 2.16. The van der Waals surface area contributed by atoms with Gasteiger partial charge in [0.05, 0.1) is 13.2 Å². The van der Waals surface area contributed by atoms with Gasteiger partial charge in [-0.3, -0.25) is 5.32 Å². The smallest absolute Gasteiger partial charge is 0.324 e. The molecule has 2 aromatic heterocycles. The highest BCUT2D eigenvalue weighted by Crippen LogP contribution is 2.26. The van der Waals surface area contributed by atoms with Crippen LogP contribution in [0.15, 0.2) is 48.7 Å². The Morgan fingerprint density at radius 2 is 1.84 bits per heavy atom. The summed E-state index contributed by atoms with van der Waals surface area (Å²) in [6.45, 7) is 7.27. The maximum atomic E-state index is 12.2. The van der Waals surface area contributed by atoms with Gasteiger partial charge in [-0.25, -0.2) is 19.7 Å². The lowest BCUT2D eigenvalue weighted by atomic mass is 10.1. The van der Waals surface area contributed by atoms with Gasteiger partial charge in [0.1, 0.15) is 11.6 Å². The lowest BCUT2D eigenvalue weighted by Crippen LogP contribution is -2.37. The Labute approximate surface area is 181 Å². The molecule has 1 aromatic carbocycles. The highest BCUT2D eigenvalue weighted by atomic mass is 16.5.